The minimum Gasteiger partial charge on any atom is -0.490 e. The van der Waals surface area contributed by atoms with Crippen LogP contribution in [0, 0.1) is 11.7 Å². The lowest BCUT2D eigenvalue weighted by Gasteiger charge is -2.43. The molecule has 2 heterocycles. The Hall–Kier alpha value is -2.93. The fourth-order valence-electron chi connectivity index (χ4n) is 4.74. The molecule has 1 aliphatic rings. The van der Waals surface area contributed by atoms with Crippen LogP contribution in [0.15, 0.2) is 42.5 Å². The fourth-order valence-corrected chi connectivity index (χ4v) is 4.74. The zero-order valence-corrected chi connectivity index (χ0v) is 18.8. The molecule has 170 valence electrons. The van der Waals surface area contributed by atoms with E-state index in [1.54, 1.807) is 18.0 Å². The number of amides is 1. The molecule has 0 unspecified atom stereocenters. The molecule has 32 heavy (non-hydrogen) atoms. The number of nitrogens with zero attached hydrogens (tertiary/aromatic N) is 2. The van der Waals surface area contributed by atoms with Gasteiger partial charge in [-0.1, -0.05) is 32.0 Å². The highest BCUT2D eigenvalue weighted by molar-refractivity contribution is 5.77. The lowest BCUT2D eigenvalue weighted by atomic mass is 9.72. The van der Waals surface area contributed by atoms with E-state index >= 15 is 0 Å². The first-order valence-corrected chi connectivity index (χ1v) is 11.1. The molecule has 1 aliphatic heterocycles. The lowest BCUT2D eigenvalue weighted by Crippen LogP contribution is -2.50. The van der Waals surface area contributed by atoms with Crippen molar-refractivity contribution >= 4 is 16.9 Å². The van der Waals surface area contributed by atoms with Crippen LogP contribution >= 0.6 is 0 Å². The number of carbonyl (C=O) groups excluding carboxylic acids is 1. The molecule has 0 aliphatic carbocycles. The van der Waals surface area contributed by atoms with Crippen LogP contribution in [0.4, 0.5) is 4.39 Å². The van der Waals surface area contributed by atoms with Gasteiger partial charge in [0, 0.05) is 37.6 Å². The second kappa shape index (κ2) is 8.90. The third-order valence-electron chi connectivity index (χ3n) is 6.26. The summed E-state index contributed by atoms with van der Waals surface area (Å²) in [6.45, 7) is 4.51. The first-order valence-electron chi connectivity index (χ1n) is 11.1. The summed E-state index contributed by atoms with van der Waals surface area (Å²) < 4.78 is 19.3. The summed E-state index contributed by atoms with van der Waals surface area (Å²) in [5, 5.41) is 11.4. The van der Waals surface area contributed by atoms with Crippen LogP contribution in [0.1, 0.15) is 44.0 Å². The van der Waals surface area contributed by atoms with Gasteiger partial charge in [0.1, 0.15) is 29.6 Å². The van der Waals surface area contributed by atoms with Crippen molar-refractivity contribution in [2.75, 3.05) is 20.2 Å². The standard InChI is InChI=1S/C25H30FN3O3/c1-16(2)24-18-11-10-17(26)13-21(18)32-15-25(24,31)14-23(30)29(3)12-6-9-22-27-19-7-4-5-8-20(19)28-22/h4-5,7-8,10-11,13,16,24,31H,6,9,12,14-15H2,1-3H3,(H,27,28)/t24-,25+/m0/s1. The number of ether oxygens (including phenoxy) is 1. The number of fused-ring (bicyclic) bond motifs is 2. The molecule has 2 atom stereocenters. The number of aryl methyl sites for hydroxylation is 1. The largest absolute Gasteiger partial charge is 0.490 e. The number of H-pyrrole nitrogens is 1. The number of aromatic amines is 1. The molecule has 0 radical (unpaired) electrons. The molecule has 2 aromatic carbocycles. The van der Waals surface area contributed by atoms with E-state index in [4.69, 9.17) is 4.74 Å². The first-order chi connectivity index (χ1) is 15.3. The molecule has 0 spiro atoms. The molecule has 4 rings (SSSR count). The van der Waals surface area contributed by atoms with Crippen LogP contribution in [0.5, 0.6) is 5.75 Å². The minimum absolute atomic E-state index is 0.0368. The Morgan fingerprint density at radius 1 is 1.34 bits per heavy atom. The first kappa shape index (κ1) is 22.3. The number of halogens is 1. The number of hydrogen-bond donors (Lipinski definition) is 2. The molecule has 0 saturated carbocycles. The maximum absolute atomic E-state index is 13.6. The minimum atomic E-state index is -1.34. The molecule has 7 heteroatoms. The summed E-state index contributed by atoms with van der Waals surface area (Å²) in [6.07, 6.45) is 1.44. The van der Waals surface area contributed by atoms with Crippen molar-refractivity contribution in [1.82, 2.24) is 14.9 Å². The van der Waals surface area contributed by atoms with Crippen LogP contribution in [0.3, 0.4) is 0 Å². The Morgan fingerprint density at radius 2 is 2.12 bits per heavy atom. The Balaban J connectivity index is 1.38. The number of para-hydroxylation sites is 2. The Bertz CT molecular complexity index is 1080. The third-order valence-corrected chi connectivity index (χ3v) is 6.26. The third kappa shape index (κ3) is 4.48. The van der Waals surface area contributed by atoms with Gasteiger partial charge in [0.2, 0.25) is 5.91 Å². The highest BCUT2D eigenvalue weighted by Crippen LogP contribution is 2.45. The molecule has 0 fully saturated rings. The molecule has 1 aromatic heterocycles. The van der Waals surface area contributed by atoms with E-state index in [1.807, 2.05) is 38.1 Å². The SMILES string of the molecule is CC(C)[C@H]1c2ccc(F)cc2OC[C@]1(O)CC(=O)N(C)CCCc1nc2ccccc2[nH]1. The van der Waals surface area contributed by atoms with Crippen molar-refractivity contribution in [2.24, 2.45) is 5.92 Å². The van der Waals surface area contributed by atoms with Crippen molar-refractivity contribution in [3.8, 4) is 5.75 Å². The predicted molar refractivity (Wildman–Crippen MR) is 121 cm³/mol. The Morgan fingerprint density at radius 3 is 2.88 bits per heavy atom. The van der Waals surface area contributed by atoms with Crippen molar-refractivity contribution in [1.29, 1.82) is 0 Å². The number of rotatable bonds is 7. The number of imidazole rings is 1. The summed E-state index contributed by atoms with van der Waals surface area (Å²) in [5.74, 6) is 0.558. The summed E-state index contributed by atoms with van der Waals surface area (Å²) >= 11 is 0. The van der Waals surface area contributed by atoms with E-state index in [9.17, 15) is 14.3 Å². The van der Waals surface area contributed by atoms with Crippen molar-refractivity contribution < 1.29 is 19.0 Å². The topological polar surface area (TPSA) is 78.5 Å². The number of nitrogens with one attached hydrogen (secondary N) is 1. The van der Waals surface area contributed by atoms with E-state index in [1.165, 1.54) is 12.1 Å². The van der Waals surface area contributed by atoms with Gasteiger partial charge in [-0.3, -0.25) is 4.79 Å². The number of benzene rings is 2. The van der Waals surface area contributed by atoms with E-state index in [-0.39, 0.29) is 36.6 Å². The summed E-state index contributed by atoms with van der Waals surface area (Å²) in [5.41, 5.74) is 1.34. The Kier molecular flexibility index (Phi) is 6.20. The quantitative estimate of drug-likeness (QED) is 0.582. The van der Waals surface area contributed by atoms with Gasteiger partial charge in [-0.25, -0.2) is 9.37 Å². The molecule has 0 saturated heterocycles. The van der Waals surface area contributed by atoms with E-state index in [0.29, 0.717) is 12.3 Å². The van der Waals surface area contributed by atoms with Gasteiger partial charge in [-0.05, 0) is 30.5 Å². The summed E-state index contributed by atoms with van der Waals surface area (Å²) in [7, 11) is 1.75. The molecular formula is C25H30FN3O3. The maximum atomic E-state index is 13.6. The van der Waals surface area contributed by atoms with E-state index in [2.05, 4.69) is 9.97 Å². The normalized spacial score (nSPS) is 20.2. The van der Waals surface area contributed by atoms with Gasteiger partial charge >= 0.3 is 0 Å². The molecule has 1 amide bonds. The molecule has 0 bridgehead atoms. The van der Waals surface area contributed by atoms with Gasteiger partial charge in [0.05, 0.1) is 17.5 Å². The van der Waals surface area contributed by atoms with E-state index < -0.39 is 5.60 Å². The van der Waals surface area contributed by atoms with Gasteiger partial charge in [0.25, 0.3) is 0 Å². The predicted octanol–water partition coefficient (Wildman–Crippen LogP) is 4.05. The highest BCUT2D eigenvalue weighted by Gasteiger charge is 2.46. The van der Waals surface area contributed by atoms with Crippen molar-refractivity contribution in [3.63, 3.8) is 0 Å². The lowest BCUT2D eigenvalue weighted by molar-refractivity contribution is -0.140. The molecule has 6 nitrogen and oxygen atoms in total. The highest BCUT2D eigenvalue weighted by atomic mass is 19.1. The molecular weight excluding hydrogens is 409 g/mol. The van der Waals surface area contributed by atoms with Crippen LogP contribution < -0.4 is 4.74 Å². The van der Waals surface area contributed by atoms with Crippen LogP contribution in [-0.2, 0) is 11.2 Å². The number of carbonyl (C=O) groups is 1. The van der Waals surface area contributed by atoms with Gasteiger partial charge < -0.3 is 19.7 Å². The summed E-state index contributed by atoms with van der Waals surface area (Å²) in [4.78, 5) is 22.5. The number of hydrogen-bond acceptors (Lipinski definition) is 4. The number of aromatic nitrogens is 2. The van der Waals surface area contributed by atoms with Crippen LogP contribution in [0.2, 0.25) is 0 Å². The van der Waals surface area contributed by atoms with E-state index in [0.717, 1.165) is 35.3 Å². The van der Waals surface area contributed by atoms with Gasteiger partial charge in [-0.2, -0.15) is 0 Å². The van der Waals surface area contributed by atoms with Gasteiger partial charge in [-0.15, -0.1) is 0 Å². The van der Waals surface area contributed by atoms with Crippen molar-refractivity contribution in [3.05, 3.63) is 59.7 Å². The molecule has 3 aromatic rings. The smallest absolute Gasteiger partial charge is 0.225 e. The summed E-state index contributed by atoms with van der Waals surface area (Å²) in [6, 6.07) is 12.3. The second-order valence-corrected chi connectivity index (χ2v) is 9.09. The molecule has 2 N–H and O–H groups in total. The van der Waals surface area contributed by atoms with Crippen LogP contribution in [-0.4, -0.2) is 51.7 Å². The zero-order chi connectivity index (χ0) is 22.9. The van der Waals surface area contributed by atoms with Gasteiger partial charge in [0.15, 0.2) is 0 Å². The fraction of sp³-hybridized carbons (Fsp3) is 0.440. The second-order valence-electron chi connectivity index (χ2n) is 9.09. The van der Waals surface area contributed by atoms with Crippen molar-refractivity contribution in [2.45, 2.75) is 44.6 Å². The monoisotopic (exact) mass is 439 g/mol. The Labute approximate surface area is 187 Å². The van der Waals surface area contributed by atoms with Crippen LogP contribution in [0.25, 0.3) is 11.0 Å². The average molecular weight is 440 g/mol. The number of aliphatic hydroxyl groups is 1. The zero-order valence-electron chi connectivity index (χ0n) is 18.8. The average Bonchev–Trinajstić information content (AvgIpc) is 3.16. The maximum Gasteiger partial charge on any atom is 0.225 e.